The van der Waals surface area contributed by atoms with Gasteiger partial charge in [0.05, 0.1) is 12.6 Å². The molecule has 1 aliphatic heterocycles. The van der Waals surface area contributed by atoms with Crippen molar-refractivity contribution in [2.75, 3.05) is 13.7 Å². The number of piperazine rings is 1. The second-order valence-electron chi connectivity index (χ2n) is 5.31. The minimum Gasteiger partial charge on any atom is -0.381 e. The summed E-state index contributed by atoms with van der Waals surface area (Å²) in [6.45, 7) is 0.0936. The number of carbonyl (C=O) groups is 2. The average molecular weight is 274 g/mol. The zero-order valence-electron chi connectivity index (χ0n) is 11.4. The van der Waals surface area contributed by atoms with Crippen LogP contribution in [0.25, 0.3) is 0 Å². The second kappa shape index (κ2) is 5.25. The maximum absolute atomic E-state index is 12.2. The highest BCUT2D eigenvalue weighted by atomic mass is 16.5. The molecule has 3 rings (SSSR count). The number of nitrogens with zero attached hydrogens (tertiary/aromatic N) is 1. The molecule has 2 fully saturated rings. The van der Waals surface area contributed by atoms with Crippen molar-refractivity contribution in [2.45, 2.75) is 31.0 Å². The Hall–Kier alpha value is -1.88. The SMILES string of the molecule is COC1CC(N2C(=O)CNC(=O)C2c2ccccc2)C1. The predicted molar refractivity (Wildman–Crippen MR) is 72.9 cm³/mol. The lowest BCUT2D eigenvalue weighted by Gasteiger charge is -2.47. The molecule has 1 unspecified atom stereocenters. The summed E-state index contributed by atoms with van der Waals surface area (Å²) in [5.41, 5.74) is 0.860. The minimum absolute atomic E-state index is 0.0157. The lowest BCUT2D eigenvalue weighted by Crippen LogP contribution is -2.60. The number of hydrogen-bond acceptors (Lipinski definition) is 3. The van der Waals surface area contributed by atoms with Gasteiger partial charge in [0.25, 0.3) is 0 Å². The first-order valence-corrected chi connectivity index (χ1v) is 6.87. The van der Waals surface area contributed by atoms with Crippen molar-refractivity contribution in [3.05, 3.63) is 35.9 Å². The molecule has 1 saturated heterocycles. The summed E-state index contributed by atoms with van der Waals surface area (Å²) < 4.78 is 5.27. The topological polar surface area (TPSA) is 58.6 Å². The van der Waals surface area contributed by atoms with E-state index >= 15 is 0 Å². The Labute approximate surface area is 117 Å². The van der Waals surface area contributed by atoms with Crippen LogP contribution in [-0.4, -0.2) is 42.5 Å². The Morgan fingerprint density at radius 2 is 1.90 bits per heavy atom. The monoisotopic (exact) mass is 274 g/mol. The van der Waals surface area contributed by atoms with Crippen molar-refractivity contribution in [1.82, 2.24) is 10.2 Å². The van der Waals surface area contributed by atoms with Crippen molar-refractivity contribution in [2.24, 2.45) is 0 Å². The van der Waals surface area contributed by atoms with E-state index in [9.17, 15) is 9.59 Å². The highest BCUT2D eigenvalue weighted by Crippen LogP contribution is 2.35. The van der Waals surface area contributed by atoms with Gasteiger partial charge in [0, 0.05) is 13.2 Å². The van der Waals surface area contributed by atoms with Crippen LogP contribution in [0.2, 0.25) is 0 Å². The van der Waals surface area contributed by atoms with Gasteiger partial charge < -0.3 is 15.0 Å². The average Bonchev–Trinajstić information content (AvgIpc) is 2.42. The fraction of sp³-hybridized carbons (Fsp3) is 0.467. The summed E-state index contributed by atoms with van der Waals surface area (Å²) in [5.74, 6) is -0.116. The molecule has 106 valence electrons. The Bertz CT molecular complexity index is 511. The van der Waals surface area contributed by atoms with E-state index in [4.69, 9.17) is 4.74 Å². The zero-order chi connectivity index (χ0) is 14.1. The van der Waals surface area contributed by atoms with Gasteiger partial charge in [-0.05, 0) is 18.4 Å². The summed E-state index contributed by atoms with van der Waals surface area (Å²) >= 11 is 0. The van der Waals surface area contributed by atoms with E-state index in [1.165, 1.54) is 0 Å². The normalized spacial score (nSPS) is 29.9. The largest absolute Gasteiger partial charge is 0.381 e. The van der Waals surface area contributed by atoms with Gasteiger partial charge >= 0.3 is 0 Å². The molecular weight excluding hydrogens is 256 g/mol. The molecule has 1 aromatic rings. The number of nitrogens with one attached hydrogen (secondary N) is 1. The van der Waals surface area contributed by atoms with E-state index in [1.807, 2.05) is 30.3 Å². The van der Waals surface area contributed by atoms with Gasteiger partial charge in [-0.3, -0.25) is 9.59 Å². The van der Waals surface area contributed by atoms with Gasteiger partial charge in [-0.2, -0.15) is 0 Å². The summed E-state index contributed by atoms with van der Waals surface area (Å²) in [4.78, 5) is 26.2. The molecule has 20 heavy (non-hydrogen) atoms. The quantitative estimate of drug-likeness (QED) is 0.889. The van der Waals surface area contributed by atoms with Gasteiger partial charge in [-0.25, -0.2) is 0 Å². The first-order valence-electron chi connectivity index (χ1n) is 6.87. The standard InChI is InChI=1S/C15H18N2O3/c1-20-12-7-11(8-12)17-13(18)9-16-15(19)14(17)10-5-3-2-4-6-10/h2-6,11-12,14H,7-9H2,1H3,(H,16,19). The van der Waals surface area contributed by atoms with E-state index in [-0.39, 0.29) is 30.5 Å². The Morgan fingerprint density at radius 1 is 1.20 bits per heavy atom. The van der Waals surface area contributed by atoms with E-state index in [0.717, 1.165) is 18.4 Å². The fourth-order valence-electron chi connectivity index (χ4n) is 2.94. The molecular formula is C15H18N2O3. The molecule has 2 aliphatic rings. The maximum atomic E-state index is 12.2. The van der Waals surface area contributed by atoms with Crippen molar-refractivity contribution in [1.29, 1.82) is 0 Å². The maximum Gasteiger partial charge on any atom is 0.247 e. The van der Waals surface area contributed by atoms with Crippen molar-refractivity contribution in [3.8, 4) is 0 Å². The van der Waals surface area contributed by atoms with Crippen LogP contribution in [0.4, 0.5) is 0 Å². The summed E-state index contributed by atoms with van der Waals surface area (Å²) in [6, 6.07) is 9.05. The lowest BCUT2D eigenvalue weighted by atomic mass is 9.85. The van der Waals surface area contributed by atoms with E-state index in [2.05, 4.69) is 5.32 Å². The molecule has 1 N–H and O–H groups in total. The lowest BCUT2D eigenvalue weighted by molar-refractivity contribution is -0.154. The van der Waals surface area contributed by atoms with Gasteiger partial charge in [-0.15, -0.1) is 0 Å². The van der Waals surface area contributed by atoms with Gasteiger partial charge in [0.2, 0.25) is 11.8 Å². The van der Waals surface area contributed by atoms with E-state index in [1.54, 1.807) is 12.0 Å². The van der Waals surface area contributed by atoms with Crippen LogP contribution in [0.5, 0.6) is 0 Å². The molecule has 0 aromatic heterocycles. The summed E-state index contributed by atoms with van der Waals surface area (Å²) in [6.07, 6.45) is 1.81. The minimum atomic E-state index is -0.514. The number of benzene rings is 1. The number of carbonyl (C=O) groups excluding carboxylic acids is 2. The molecule has 0 bridgehead atoms. The molecule has 1 heterocycles. The van der Waals surface area contributed by atoms with Crippen LogP contribution in [-0.2, 0) is 14.3 Å². The van der Waals surface area contributed by atoms with Crippen molar-refractivity contribution >= 4 is 11.8 Å². The zero-order valence-corrected chi connectivity index (χ0v) is 11.4. The van der Waals surface area contributed by atoms with E-state index in [0.29, 0.717) is 0 Å². The molecule has 5 nitrogen and oxygen atoms in total. The Morgan fingerprint density at radius 3 is 2.55 bits per heavy atom. The fourth-order valence-corrected chi connectivity index (χ4v) is 2.94. The van der Waals surface area contributed by atoms with Gasteiger partial charge in [-0.1, -0.05) is 30.3 Å². The van der Waals surface area contributed by atoms with Gasteiger partial charge in [0.1, 0.15) is 6.04 Å². The number of amides is 2. The molecule has 1 aromatic carbocycles. The number of rotatable bonds is 3. The van der Waals surface area contributed by atoms with Crippen LogP contribution in [0, 0.1) is 0 Å². The van der Waals surface area contributed by atoms with Crippen LogP contribution in [0.3, 0.4) is 0 Å². The van der Waals surface area contributed by atoms with Crippen LogP contribution in [0.1, 0.15) is 24.4 Å². The van der Waals surface area contributed by atoms with E-state index < -0.39 is 6.04 Å². The first kappa shape index (κ1) is 13.1. The predicted octanol–water partition coefficient (Wildman–Crippen LogP) is 0.863. The van der Waals surface area contributed by atoms with Crippen LogP contribution < -0.4 is 5.32 Å². The molecule has 1 aliphatic carbocycles. The van der Waals surface area contributed by atoms with Crippen LogP contribution >= 0.6 is 0 Å². The Kier molecular flexibility index (Phi) is 3.44. The Balaban J connectivity index is 1.87. The third-order valence-electron chi connectivity index (χ3n) is 4.14. The number of methoxy groups -OCH3 is 1. The molecule has 1 saturated carbocycles. The number of hydrogen-bond donors (Lipinski definition) is 1. The van der Waals surface area contributed by atoms with Crippen LogP contribution in [0.15, 0.2) is 30.3 Å². The van der Waals surface area contributed by atoms with Gasteiger partial charge in [0.15, 0.2) is 0 Å². The second-order valence-corrected chi connectivity index (χ2v) is 5.31. The number of ether oxygens (including phenoxy) is 1. The third kappa shape index (κ3) is 2.18. The summed E-state index contributed by atoms with van der Waals surface area (Å²) in [5, 5.41) is 2.68. The molecule has 0 radical (unpaired) electrons. The first-order chi connectivity index (χ1) is 9.70. The van der Waals surface area contributed by atoms with Crippen molar-refractivity contribution in [3.63, 3.8) is 0 Å². The summed E-state index contributed by atoms with van der Waals surface area (Å²) in [7, 11) is 1.68. The molecule has 5 heteroatoms. The highest BCUT2D eigenvalue weighted by molar-refractivity contribution is 5.95. The smallest absolute Gasteiger partial charge is 0.247 e. The molecule has 0 spiro atoms. The highest BCUT2D eigenvalue weighted by Gasteiger charge is 2.44. The third-order valence-corrected chi connectivity index (χ3v) is 4.14. The molecule has 1 atom stereocenters. The van der Waals surface area contributed by atoms with Crippen molar-refractivity contribution < 1.29 is 14.3 Å². The molecule has 2 amide bonds.